The molecule has 0 fully saturated rings. The topological polar surface area (TPSA) is 67.2 Å². The molecule has 0 bridgehead atoms. The molecule has 0 aliphatic rings. The summed E-state index contributed by atoms with van der Waals surface area (Å²) in [6.07, 6.45) is 0. The highest BCUT2D eigenvalue weighted by Gasteiger charge is 2.22. The van der Waals surface area contributed by atoms with Crippen LogP contribution >= 0.6 is 0 Å². The summed E-state index contributed by atoms with van der Waals surface area (Å²) in [5, 5.41) is 16.2. The number of aromatic nitrogens is 2. The lowest BCUT2D eigenvalue weighted by molar-refractivity contribution is 0.0859. The Morgan fingerprint density at radius 3 is 2.59 bits per heavy atom. The molecule has 0 aromatic carbocycles. The van der Waals surface area contributed by atoms with Gasteiger partial charge in [0, 0.05) is 7.05 Å². The molecule has 1 aromatic rings. The molecule has 0 aliphatic heterocycles. The van der Waals surface area contributed by atoms with Crippen molar-refractivity contribution in [2.75, 3.05) is 6.61 Å². The number of rotatable bonds is 4. The predicted molar refractivity (Wildman–Crippen MR) is 65.9 cm³/mol. The first kappa shape index (κ1) is 13.7. The molecule has 0 unspecified atom stereocenters. The van der Waals surface area contributed by atoms with E-state index in [1.807, 2.05) is 13.8 Å². The second kappa shape index (κ2) is 4.87. The standard InChI is InChI=1S/C12H21N3O2/c1-8(2)9-6-10(15(5)14-9)11(17)13-12(3,4)7-16/h6,8,16H,7H2,1-5H3,(H,13,17). The van der Waals surface area contributed by atoms with Crippen LogP contribution in [0.1, 0.15) is 49.8 Å². The Kier molecular flexibility index (Phi) is 3.93. The van der Waals surface area contributed by atoms with Crippen molar-refractivity contribution in [3.05, 3.63) is 17.5 Å². The van der Waals surface area contributed by atoms with Gasteiger partial charge in [0.1, 0.15) is 5.69 Å². The summed E-state index contributed by atoms with van der Waals surface area (Å²) < 4.78 is 1.57. The number of aryl methyl sites for hydroxylation is 1. The van der Waals surface area contributed by atoms with Crippen LogP contribution in [-0.2, 0) is 7.05 Å². The number of hydrogen-bond acceptors (Lipinski definition) is 3. The summed E-state index contributed by atoms with van der Waals surface area (Å²) in [6.45, 7) is 7.49. The molecule has 0 radical (unpaired) electrons. The van der Waals surface area contributed by atoms with Crippen molar-refractivity contribution < 1.29 is 9.90 Å². The molecular formula is C12H21N3O2. The van der Waals surface area contributed by atoms with Crippen LogP contribution in [0.4, 0.5) is 0 Å². The van der Waals surface area contributed by atoms with Crippen LogP contribution in [0.2, 0.25) is 0 Å². The van der Waals surface area contributed by atoms with Crippen LogP contribution in [0.15, 0.2) is 6.07 Å². The van der Waals surface area contributed by atoms with E-state index in [9.17, 15) is 4.79 Å². The molecule has 0 aliphatic carbocycles. The number of nitrogens with zero attached hydrogens (tertiary/aromatic N) is 2. The van der Waals surface area contributed by atoms with Crippen LogP contribution in [0.25, 0.3) is 0 Å². The van der Waals surface area contributed by atoms with E-state index < -0.39 is 5.54 Å². The number of carbonyl (C=O) groups is 1. The highest BCUT2D eigenvalue weighted by atomic mass is 16.3. The third-order valence-corrected chi connectivity index (χ3v) is 2.57. The van der Waals surface area contributed by atoms with Crippen LogP contribution in [0.5, 0.6) is 0 Å². The smallest absolute Gasteiger partial charge is 0.270 e. The lowest BCUT2D eigenvalue weighted by Crippen LogP contribution is -2.46. The molecular weight excluding hydrogens is 218 g/mol. The summed E-state index contributed by atoms with van der Waals surface area (Å²) in [7, 11) is 1.74. The van der Waals surface area contributed by atoms with Gasteiger partial charge in [0.2, 0.25) is 0 Å². The number of amides is 1. The molecule has 0 saturated carbocycles. The van der Waals surface area contributed by atoms with Gasteiger partial charge in [-0.05, 0) is 25.8 Å². The van der Waals surface area contributed by atoms with Crippen LogP contribution in [-0.4, -0.2) is 32.9 Å². The molecule has 5 nitrogen and oxygen atoms in total. The third kappa shape index (κ3) is 3.30. The predicted octanol–water partition coefficient (Wildman–Crippen LogP) is 1.04. The molecule has 0 spiro atoms. The van der Waals surface area contributed by atoms with E-state index in [0.29, 0.717) is 5.69 Å². The Morgan fingerprint density at radius 2 is 2.18 bits per heavy atom. The average molecular weight is 239 g/mol. The van der Waals surface area contributed by atoms with Gasteiger partial charge in [-0.1, -0.05) is 13.8 Å². The second-order valence-electron chi connectivity index (χ2n) is 5.23. The molecule has 0 atom stereocenters. The van der Waals surface area contributed by atoms with Crippen molar-refractivity contribution in [3.63, 3.8) is 0 Å². The Labute approximate surface area is 102 Å². The number of aliphatic hydroxyl groups excluding tert-OH is 1. The third-order valence-electron chi connectivity index (χ3n) is 2.57. The monoisotopic (exact) mass is 239 g/mol. The Bertz CT molecular complexity index is 408. The van der Waals surface area contributed by atoms with Crippen molar-refractivity contribution in [2.24, 2.45) is 7.05 Å². The van der Waals surface area contributed by atoms with E-state index in [4.69, 9.17) is 5.11 Å². The number of aliphatic hydroxyl groups is 1. The number of carbonyl (C=O) groups excluding carboxylic acids is 1. The zero-order chi connectivity index (χ0) is 13.2. The first-order chi connectivity index (χ1) is 7.76. The Balaban J connectivity index is 2.90. The summed E-state index contributed by atoms with van der Waals surface area (Å²) in [5.41, 5.74) is 0.772. The zero-order valence-electron chi connectivity index (χ0n) is 11.1. The maximum atomic E-state index is 12.0. The van der Waals surface area contributed by atoms with Gasteiger partial charge in [0.15, 0.2) is 0 Å². The van der Waals surface area contributed by atoms with Gasteiger partial charge in [-0.25, -0.2) is 0 Å². The lowest BCUT2D eigenvalue weighted by Gasteiger charge is -2.23. The van der Waals surface area contributed by atoms with E-state index in [2.05, 4.69) is 10.4 Å². The molecule has 1 heterocycles. The lowest BCUT2D eigenvalue weighted by atomic mass is 10.1. The molecule has 1 aromatic heterocycles. The van der Waals surface area contributed by atoms with Gasteiger partial charge >= 0.3 is 0 Å². The Hall–Kier alpha value is -1.36. The van der Waals surface area contributed by atoms with Gasteiger partial charge in [-0.2, -0.15) is 5.10 Å². The maximum absolute atomic E-state index is 12.0. The minimum Gasteiger partial charge on any atom is -0.394 e. The van der Waals surface area contributed by atoms with E-state index in [1.165, 1.54) is 0 Å². The second-order valence-corrected chi connectivity index (χ2v) is 5.23. The highest BCUT2D eigenvalue weighted by molar-refractivity contribution is 5.93. The Morgan fingerprint density at radius 1 is 1.59 bits per heavy atom. The summed E-state index contributed by atoms with van der Waals surface area (Å²) >= 11 is 0. The van der Waals surface area contributed by atoms with Crippen molar-refractivity contribution >= 4 is 5.91 Å². The van der Waals surface area contributed by atoms with Crippen LogP contribution in [0.3, 0.4) is 0 Å². The van der Waals surface area contributed by atoms with Crippen LogP contribution in [0, 0.1) is 0 Å². The first-order valence-corrected chi connectivity index (χ1v) is 5.74. The van der Waals surface area contributed by atoms with E-state index in [-0.39, 0.29) is 18.4 Å². The number of nitrogens with one attached hydrogen (secondary N) is 1. The first-order valence-electron chi connectivity index (χ1n) is 5.74. The van der Waals surface area contributed by atoms with Gasteiger partial charge < -0.3 is 10.4 Å². The largest absolute Gasteiger partial charge is 0.394 e. The van der Waals surface area contributed by atoms with Crippen molar-refractivity contribution in [2.45, 2.75) is 39.2 Å². The van der Waals surface area contributed by atoms with Crippen LogP contribution < -0.4 is 5.32 Å². The fraction of sp³-hybridized carbons (Fsp3) is 0.667. The zero-order valence-corrected chi connectivity index (χ0v) is 11.1. The van der Waals surface area contributed by atoms with Gasteiger partial charge in [0.25, 0.3) is 5.91 Å². The van der Waals surface area contributed by atoms with E-state index >= 15 is 0 Å². The average Bonchev–Trinajstić information content (AvgIpc) is 2.60. The van der Waals surface area contributed by atoms with Crippen molar-refractivity contribution in [1.82, 2.24) is 15.1 Å². The molecule has 96 valence electrons. The summed E-state index contributed by atoms with van der Waals surface area (Å²) in [5.74, 6) is 0.0690. The van der Waals surface area contributed by atoms with Gasteiger partial charge in [0.05, 0.1) is 17.8 Å². The van der Waals surface area contributed by atoms with Gasteiger partial charge in [-0.3, -0.25) is 9.48 Å². The molecule has 1 rings (SSSR count). The molecule has 2 N–H and O–H groups in total. The highest BCUT2D eigenvalue weighted by Crippen LogP contribution is 2.14. The summed E-state index contributed by atoms with van der Waals surface area (Å²) in [6, 6.07) is 1.79. The molecule has 0 saturated heterocycles. The minimum atomic E-state index is -0.626. The van der Waals surface area contributed by atoms with Gasteiger partial charge in [-0.15, -0.1) is 0 Å². The van der Waals surface area contributed by atoms with Crippen molar-refractivity contribution in [3.8, 4) is 0 Å². The van der Waals surface area contributed by atoms with E-state index in [0.717, 1.165) is 5.69 Å². The maximum Gasteiger partial charge on any atom is 0.270 e. The van der Waals surface area contributed by atoms with E-state index in [1.54, 1.807) is 31.6 Å². The molecule has 17 heavy (non-hydrogen) atoms. The fourth-order valence-corrected chi connectivity index (χ4v) is 1.39. The summed E-state index contributed by atoms with van der Waals surface area (Å²) in [4.78, 5) is 12.0. The fourth-order valence-electron chi connectivity index (χ4n) is 1.39. The SMILES string of the molecule is CC(C)c1cc(C(=O)NC(C)(C)CO)n(C)n1. The quantitative estimate of drug-likeness (QED) is 0.825. The molecule has 1 amide bonds. The molecule has 5 heteroatoms. The number of hydrogen-bond donors (Lipinski definition) is 2. The normalized spacial score (nSPS) is 11.9. The minimum absolute atomic E-state index is 0.104. The van der Waals surface area contributed by atoms with Crippen molar-refractivity contribution in [1.29, 1.82) is 0 Å².